The Labute approximate surface area is 94.2 Å². The molecule has 0 saturated heterocycles. The second-order valence-corrected chi connectivity index (χ2v) is 3.88. The first kappa shape index (κ1) is 10.9. The van der Waals surface area contributed by atoms with Gasteiger partial charge in [-0.25, -0.2) is 0 Å². The minimum Gasteiger partial charge on any atom is -0.481 e. The van der Waals surface area contributed by atoms with Gasteiger partial charge < -0.3 is 10.5 Å². The third kappa shape index (κ3) is 1.74. The van der Waals surface area contributed by atoms with Crippen LogP contribution in [-0.4, -0.2) is 31.1 Å². The Kier molecular flexibility index (Phi) is 2.78. The summed E-state index contributed by atoms with van der Waals surface area (Å²) in [5, 5.41) is 0. The molecule has 1 aromatic heterocycles. The van der Waals surface area contributed by atoms with Gasteiger partial charge in [-0.15, -0.1) is 0 Å². The van der Waals surface area contributed by atoms with E-state index >= 15 is 0 Å². The number of ether oxygens (including phenoxy) is 1. The number of amides is 1. The predicted octanol–water partition coefficient (Wildman–Crippen LogP) is 0.326. The van der Waals surface area contributed by atoms with Crippen molar-refractivity contribution in [3.8, 4) is 5.88 Å². The number of carbonyl (C=O) groups is 1. The minimum absolute atomic E-state index is 0.0977. The molecule has 1 unspecified atom stereocenters. The summed E-state index contributed by atoms with van der Waals surface area (Å²) < 4.78 is 5.05. The largest absolute Gasteiger partial charge is 0.481 e. The number of pyridine rings is 1. The molecule has 0 radical (unpaired) electrons. The first-order valence-corrected chi connectivity index (χ1v) is 5.20. The highest BCUT2D eigenvalue weighted by Crippen LogP contribution is 2.25. The van der Waals surface area contributed by atoms with Crippen LogP contribution in [-0.2, 0) is 11.2 Å². The first-order valence-electron chi connectivity index (χ1n) is 5.20. The molecule has 5 nitrogen and oxygen atoms in total. The molecule has 5 heteroatoms. The van der Waals surface area contributed by atoms with Crippen molar-refractivity contribution in [1.29, 1.82) is 0 Å². The van der Waals surface area contributed by atoms with Crippen LogP contribution >= 0.6 is 0 Å². The van der Waals surface area contributed by atoms with Crippen LogP contribution in [0.5, 0.6) is 5.88 Å². The zero-order valence-corrected chi connectivity index (χ0v) is 9.43. The third-order valence-corrected chi connectivity index (χ3v) is 2.83. The Balaban J connectivity index is 2.45. The molecule has 1 aromatic rings. The molecule has 0 aliphatic carbocycles. The lowest BCUT2D eigenvalue weighted by Gasteiger charge is -2.18. The third-order valence-electron chi connectivity index (χ3n) is 2.83. The molecular formula is C11H15N3O2. The van der Waals surface area contributed by atoms with E-state index in [2.05, 4.69) is 4.98 Å². The van der Waals surface area contributed by atoms with E-state index in [4.69, 9.17) is 10.5 Å². The van der Waals surface area contributed by atoms with Crippen LogP contribution in [0.4, 0.5) is 5.82 Å². The van der Waals surface area contributed by atoms with Gasteiger partial charge in [-0.3, -0.25) is 9.69 Å². The zero-order valence-electron chi connectivity index (χ0n) is 9.43. The van der Waals surface area contributed by atoms with Crippen LogP contribution in [0.15, 0.2) is 12.1 Å². The molecule has 1 aliphatic rings. The van der Waals surface area contributed by atoms with Gasteiger partial charge in [-0.2, -0.15) is 4.98 Å². The number of likely N-dealkylation sites (N-methyl/N-ethyl adjacent to an activating group) is 1. The Morgan fingerprint density at radius 2 is 2.31 bits per heavy atom. The number of aromatic nitrogens is 1. The smallest absolute Gasteiger partial charge is 0.244 e. The number of hydrogen-bond donors (Lipinski definition) is 1. The summed E-state index contributed by atoms with van der Waals surface area (Å²) in [5.41, 5.74) is 6.80. The van der Waals surface area contributed by atoms with Crippen LogP contribution in [0.3, 0.4) is 0 Å². The number of nitrogens with two attached hydrogens (primary N) is 1. The van der Waals surface area contributed by atoms with Crippen LogP contribution in [0, 0.1) is 0 Å². The fraction of sp³-hybridized carbons (Fsp3) is 0.455. The molecule has 0 aromatic carbocycles. The quantitative estimate of drug-likeness (QED) is 0.742. The van der Waals surface area contributed by atoms with Crippen molar-refractivity contribution >= 4 is 11.7 Å². The number of aryl methyl sites for hydroxylation is 1. The second kappa shape index (κ2) is 4.09. The zero-order chi connectivity index (χ0) is 11.7. The Hall–Kier alpha value is -1.62. The van der Waals surface area contributed by atoms with Crippen molar-refractivity contribution in [3.05, 3.63) is 17.7 Å². The van der Waals surface area contributed by atoms with Crippen molar-refractivity contribution < 1.29 is 9.53 Å². The number of carbonyl (C=O) groups excluding carboxylic acids is 1. The number of methoxy groups -OCH3 is 1. The maximum atomic E-state index is 11.8. The van der Waals surface area contributed by atoms with E-state index < -0.39 is 6.04 Å². The minimum atomic E-state index is -0.440. The Bertz CT molecular complexity index is 420. The maximum absolute atomic E-state index is 11.8. The van der Waals surface area contributed by atoms with Crippen molar-refractivity contribution in [3.63, 3.8) is 0 Å². The van der Waals surface area contributed by atoms with E-state index in [0.717, 1.165) is 12.0 Å². The van der Waals surface area contributed by atoms with Crippen molar-refractivity contribution in [2.24, 2.45) is 5.73 Å². The molecule has 2 N–H and O–H groups in total. The first-order chi connectivity index (χ1) is 7.63. The van der Waals surface area contributed by atoms with Gasteiger partial charge in [0.2, 0.25) is 11.8 Å². The fourth-order valence-electron chi connectivity index (χ4n) is 1.85. The molecule has 0 fully saturated rings. The van der Waals surface area contributed by atoms with E-state index in [1.807, 2.05) is 6.07 Å². The summed E-state index contributed by atoms with van der Waals surface area (Å²) in [7, 11) is 3.25. The highest BCUT2D eigenvalue weighted by atomic mass is 16.5. The van der Waals surface area contributed by atoms with Crippen molar-refractivity contribution in [1.82, 2.24) is 4.98 Å². The molecule has 1 atom stereocenters. The van der Waals surface area contributed by atoms with E-state index in [-0.39, 0.29) is 5.91 Å². The fourth-order valence-corrected chi connectivity index (χ4v) is 1.85. The molecule has 1 aliphatic heterocycles. The van der Waals surface area contributed by atoms with E-state index in [1.165, 1.54) is 4.90 Å². The molecule has 0 spiro atoms. The molecule has 2 rings (SSSR count). The van der Waals surface area contributed by atoms with Gasteiger partial charge in [0.05, 0.1) is 13.2 Å². The molecule has 16 heavy (non-hydrogen) atoms. The normalized spacial score (nSPS) is 20.3. The molecule has 0 saturated carbocycles. The van der Waals surface area contributed by atoms with Crippen LogP contribution in [0.25, 0.3) is 0 Å². The van der Waals surface area contributed by atoms with Gasteiger partial charge in [0.25, 0.3) is 0 Å². The maximum Gasteiger partial charge on any atom is 0.244 e. The Morgan fingerprint density at radius 3 is 3.00 bits per heavy atom. The number of nitrogens with zero attached hydrogens (tertiary/aromatic N) is 2. The van der Waals surface area contributed by atoms with Gasteiger partial charge in [0.15, 0.2) is 0 Å². The lowest BCUT2D eigenvalue weighted by Crippen LogP contribution is -2.40. The summed E-state index contributed by atoms with van der Waals surface area (Å²) >= 11 is 0. The topological polar surface area (TPSA) is 68.5 Å². The van der Waals surface area contributed by atoms with E-state index in [9.17, 15) is 4.79 Å². The second-order valence-electron chi connectivity index (χ2n) is 3.88. The van der Waals surface area contributed by atoms with Crippen molar-refractivity contribution in [2.45, 2.75) is 18.9 Å². The summed E-state index contributed by atoms with van der Waals surface area (Å²) in [5.74, 6) is 1.06. The van der Waals surface area contributed by atoms with Crippen LogP contribution in [0.1, 0.15) is 12.0 Å². The molecule has 1 amide bonds. The van der Waals surface area contributed by atoms with E-state index in [0.29, 0.717) is 18.1 Å². The van der Waals surface area contributed by atoms with Crippen molar-refractivity contribution in [2.75, 3.05) is 19.1 Å². The lowest BCUT2D eigenvalue weighted by atomic mass is 10.1. The predicted molar refractivity (Wildman–Crippen MR) is 60.5 cm³/mol. The molecule has 0 bridgehead atoms. The number of rotatable bonds is 1. The average Bonchev–Trinajstić information content (AvgIpc) is 2.42. The standard InChI is InChI=1S/C11H15N3O2/c1-14-10-7(3-5-8(12)11(14)15)4-6-9(13-10)16-2/h4,6,8H,3,5,12H2,1-2H3. The average molecular weight is 221 g/mol. The number of anilines is 1. The highest BCUT2D eigenvalue weighted by Gasteiger charge is 2.26. The van der Waals surface area contributed by atoms with Gasteiger partial charge in [-0.05, 0) is 24.5 Å². The van der Waals surface area contributed by atoms with Crippen LogP contribution < -0.4 is 15.4 Å². The molecule has 2 heterocycles. The number of fused-ring (bicyclic) bond motifs is 1. The lowest BCUT2D eigenvalue weighted by molar-refractivity contribution is -0.119. The van der Waals surface area contributed by atoms with Crippen LogP contribution in [0.2, 0.25) is 0 Å². The SMILES string of the molecule is COc1ccc2c(n1)N(C)C(=O)C(N)CC2. The monoisotopic (exact) mass is 221 g/mol. The summed E-state index contributed by atoms with van der Waals surface area (Å²) in [6.07, 6.45) is 1.42. The summed E-state index contributed by atoms with van der Waals surface area (Å²) in [6, 6.07) is 3.29. The molecule has 86 valence electrons. The highest BCUT2D eigenvalue weighted by molar-refractivity contribution is 5.97. The van der Waals surface area contributed by atoms with E-state index in [1.54, 1.807) is 20.2 Å². The van der Waals surface area contributed by atoms with Gasteiger partial charge in [-0.1, -0.05) is 0 Å². The Morgan fingerprint density at radius 1 is 1.56 bits per heavy atom. The molecular weight excluding hydrogens is 206 g/mol. The van der Waals surface area contributed by atoms with Gasteiger partial charge in [0.1, 0.15) is 5.82 Å². The summed E-state index contributed by atoms with van der Waals surface area (Å²) in [4.78, 5) is 17.6. The summed E-state index contributed by atoms with van der Waals surface area (Å²) in [6.45, 7) is 0. The number of hydrogen-bond acceptors (Lipinski definition) is 4. The van der Waals surface area contributed by atoms with Gasteiger partial charge in [0, 0.05) is 13.1 Å². The van der Waals surface area contributed by atoms with Gasteiger partial charge >= 0.3 is 0 Å².